The van der Waals surface area contributed by atoms with Gasteiger partial charge in [-0.15, -0.1) is 0 Å². The van der Waals surface area contributed by atoms with Crippen LogP contribution in [0.3, 0.4) is 0 Å². The lowest BCUT2D eigenvalue weighted by Gasteiger charge is -2.19. The lowest BCUT2D eigenvalue weighted by atomic mass is 10.0. The number of carbonyl (C=O) groups is 1. The van der Waals surface area contributed by atoms with Crippen molar-refractivity contribution in [3.63, 3.8) is 0 Å². The Morgan fingerprint density at radius 2 is 1.81 bits per heavy atom. The minimum absolute atomic E-state index is 0.0240. The summed E-state index contributed by atoms with van der Waals surface area (Å²) in [5, 5.41) is 6.59. The summed E-state index contributed by atoms with van der Waals surface area (Å²) in [6.45, 7) is 9.62. The average Bonchev–Trinajstić information content (AvgIpc) is 3.58. The molecule has 0 aliphatic rings. The van der Waals surface area contributed by atoms with Gasteiger partial charge in [-0.25, -0.2) is 4.98 Å². The van der Waals surface area contributed by atoms with Crippen LogP contribution >= 0.6 is 0 Å². The summed E-state index contributed by atoms with van der Waals surface area (Å²) in [5.41, 5.74) is 5.38. The summed E-state index contributed by atoms with van der Waals surface area (Å²) in [4.78, 5) is 36.7. The van der Waals surface area contributed by atoms with Crippen LogP contribution in [0.15, 0.2) is 82.4 Å². The van der Waals surface area contributed by atoms with Gasteiger partial charge in [0.05, 0.1) is 12.7 Å². The standard InChI is InChI=1S/C24H25N3O3.C11H14N2/c1-14(2)23-25-12-20(24(29)27(23)13-15(3)28)26-16(4)17-9-10-22-19(11-17)18-7-5-6-8-21(18)30-22;1-2-3-4-10-7-9-8-12-6-5-11(9)13-10/h5-12,14,16,26H,13H2,1-4H3;5-8,13H,2-4H2,1H3. The Labute approximate surface area is 251 Å². The highest BCUT2D eigenvalue weighted by atomic mass is 16.3. The monoisotopic (exact) mass is 577 g/mol. The zero-order valence-corrected chi connectivity index (χ0v) is 25.5. The molecule has 6 rings (SSSR count). The second-order valence-electron chi connectivity index (χ2n) is 11.4. The topological polar surface area (TPSA) is 106 Å². The maximum Gasteiger partial charge on any atom is 0.277 e. The fourth-order valence-corrected chi connectivity index (χ4v) is 5.30. The van der Waals surface area contributed by atoms with Crippen molar-refractivity contribution < 1.29 is 9.21 Å². The molecule has 1 unspecified atom stereocenters. The van der Waals surface area contributed by atoms with Gasteiger partial charge in [-0.2, -0.15) is 0 Å². The number of rotatable bonds is 9. The second kappa shape index (κ2) is 13.1. The van der Waals surface area contributed by atoms with Gasteiger partial charge in [0, 0.05) is 51.7 Å². The molecule has 0 fully saturated rings. The van der Waals surface area contributed by atoms with Crippen molar-refractivity contribution in [3.8, 4) is 0 Å². The SMILES string of the molecule is CC(=O)Cn1c(C(C)C)ncc(NC(C)c2ccc3oc4ccccc4c3c2)c1=O.CCCCc1cc2cnccc2[nH]1. The molecule has 43 heavy (non-hydrogen) atoms. The first-order chi connectivity index (χ1) is 20.7. The van der Waals surface area contributed by atoms with Crippen LogP contribution in [0.1, 0.15) is 76.5 Å². The maximum absolute atomic E-state index is 13.0. The summed E-state index contributed by atoms with van der Waals surface area (Å²) >= 11 is 0. The molecule has 4 heterocycles. The smallest absolute Gasteiger partial charge is 0.277 e. The Morgan fingerprint density at radius 3 is 2.56 bits per heavy atom. The van der Waals surface area contributed by atoms with Crippen LogP contribution in [0.2, 0.25) is 0 Å². The number of aryl methyl sites for hydroxylation is 1. The number of anilines is 1. The Kier molecular flexibility index (Phi) is 9.04. The highest BCUT2D eigenvalue weighted by molar-refractivity contribution is 6.05. The molecule has 0 saturated heterocycles. The Morgan fingerprint density at radius 1 is 1.02 bits per heavy atom. The minimum atomic E-state index is -0.231. The van der Waals surface area contributed by atoms with E-state index in [1.807, 2.05) is 75.6 Å². The highest BCUT2D eigenvalue weighted by Crippen LogP contribution is 2.31. The molecule has 0 aliphatic carbocycles. The molecule has 8 nitrogen and oxygen atoms in total. The molecule has 0 aliphatic heterocycles. The van der Waals surface area contributed by atoms with Gasteiger partial charge in [-0.05, 0) is 62.6 Å². The highest BCUT2D eigenvalue weighted by Gasteiger charge is 2.17. The van der Waals surface area contributed by atoms with Crippen LogP contribution in [0, 0.1) is 0 Å². The number of unbranched alkanes of at least 4 members (excludes halogenated alkanes) is 1. The fourth-order valence-electron chi connectivity index (χ4n) is 5.30. The van der Waals surface area contributed by atoms with Crippen LogP contribution < -0.4 is 10.9 Å². The lowest BCUT2D eigenvalue weighted by Crippen LogP contribution is -2.30. The summed E-state index contributed by atoms with van der Waals surface area (Å²) in [6, 6.07) is 18.1. The molecule has 1 atom stereocenters. The fraction of sp³-hybridized carbons (Fsp3) is 0.314. The zero-order valence-electron chi connectivity index (χ0n) is 25.5. The summed E-state index contributed by atoms with van der Waals surface area (Å²) in [6.07, 6.45) is 8.93. The Bertz CT molecular complexity index is 1900. The number of aromatic nitrogens is 4. The average molecular weight is 578 g/mol. The van der Waals surface area contributed by atoms with E-state index in [0.717, 1.165) is 33.9 Å². The van der Waals surface area contributed by atoms with Crippen LogP contribution in [0.4, 0.5) is 5.69 Å². The number of benzene rings is 2. The molecule has 0 amide bonds. The number of ketones is 1. The number of furan rings is 1. The van der Waals surface area contributed by atoms with Gasteiger partial charge in [-0.1, -0.05) is 51.5 Å². The minimum Gasteiger partial charge on any atom is -0.456 e. The van der Waals surface area contributed by atoms with E-state index >= 15 is 0 Å². The number of fused-ring (bicyclic) bond motifs is 4. The van der Waals surface area contributed by atoms with Gasteiger partial charge in [0.1, 0.15) is 28.5 Å². The normalized spacial score (nSPS) is 12.0. The van der Waals surface area contributed by atoms with Crippen molar-refractivity contribution >= 4 is 44.3 Å². The van der Waals surface area contributed by atoms with Crippen molar-refractivity contribution in [2.45, 2.75) is 72.4 Å². The van der Waals surface area contributed by atoms with Gasteiger partial charge in [0.25, 0.3) is 5.56 Å². The van der Waals surface area contributed by atoms with Crippen LogP contribution in [0.5, 0.6) is 0 Å². The number of para-hydroxylation sites is 1. The van der Waals surface area contributed by atoms with Gasteiger partial charge < -0.3 is 14.7 Å². The molecule has 0 spiro atoms. The molecule has 0 bridgehead atoms. The molecule has 8 heteroatoms. The predicted octanol–water partition coefficient (Wildman–Crippen LogP) is 7.93. The van der Waals surface area contributed by atoms with E-state index in [-0.39, 0.29) is 29.8 Å². The molecular formula is C35H39N5O3. The molecule has 0 radical (unpaired) electrons. The van der Waals surface area contributed by atoms with Gasteiger partial charge in [-0.3, -0.25) is 19.1 Å². The van der Waals surface area contributed by atoms with E-state index < -0.39 is 0 Å². The molecule has 0 saturated carbocycles. The van der Waals surface area contributed by atoms with E-state index in [1.54, 1.807) is 6.20 Å². The first-order valence-corrected chi connectivity index (χ1v) is 14.9. The number of carbonyl (C=O) groups excluding carboxylic acids is 1. The third-order valence-corrected chi connectivity index (χ3v) is 7.52. The van der Waals surface area contributed by atoms with E-state index in [9.17, 15) is 9.59 Å². The van der Waals surface area contributed by atoms with E-state index in [1.165, 1.54) is 40.9 Å². The van der Waals surface area contributed by atoms with E-state index in [2.05, 4.69) is 39.3 Å². The molecule has 2 N–H and O–H groups in total. The van der Waals surface area contributed by atoms with Crippen LogP contribution in [0.25, 0.3) is 32.8 Å². The third-order valence-electron chi connectivity index (χ3n) is 7.52. The molecule has 222 valence electrons. The number of hydrogen-bond donors (Lipinski definition) is 2. The Balaban J connectivity index is 0.000000235. The van der Waals surface area contributed by atoms with Crippen molar-refractivity contribution in [2.24, 2.45) is 0 Å². The zero-order chi connectivity index (χ0) is 30.5. The van der Waals surface area contributed by atoms with Crippen molar-refractivity contribution in [2.75, 3.05) is 5.32 Å². The second-order valence-corrected chi connectivity index (χ2v) is 11.4. The summed E-state index contributed by atoms with van der Waals surface area (Å²) in [7, 11) is 0. The molecule has 2 aromatic carbocycles. The largest absolute Gasteiger partial charge is 0.456 e. The molecular weight excluding hydrogens is 538 g/mol. The number of nitrogens with one attached hydrogen (secondary N) is 2. The number of Topliss-reactive ketones (excluding diaryl/α,β-unsaturated/α-hetero) is 1. The number of hydrogen-bond acceptors (Lipinski definition) is 6. The van der Waals surface area contributed by atoms with Crippen molar-refractivity contribution in [3.05, 3.63) is 101 Å². The number of H-pyrrole nitrogens is 1. The van der Waals surface area contributed by atoms with Crippen molar-refractivity contribution in [1.82, 2.24) is 19.5 Å². The molecule has 6 aromatic rings. The third kappa shape index (κ3) is 6.69. The first-order valence-electron chi connectivity index (χ1n) is 14.9. The number of pyridine rings is 1. The van der Waals surface area contributed by atoms with Gasteiger partial charge >= 0.3 is 0 Å². The quantitative estimate of drug-likeness (QED) is 0.181. The first kappa shape index (κ1) is 29.8. The van der Waals surface area contributed by atoms with Gasteiger partial charge in [0.2, 0.25) is 0 Å². The van der Waals surface area contributed by atoms with E-state index in [0.29, 0.717) is 11.5 Å². The summed E-state index contributed by atoms with van der Waals surface area (Å²) < 4.78 is 7.36. The predicted molar refractivity (Wildman–Crippen MR) is 174 cm³/mol. The van der Waals surface area contributed by atoms with Crippen molar-refractivity contribution in [1.29, 1.82) is 0 Å². The van der Waals surface area contributed by atoms with Crippen LogP contribution in [-0.4, -0.2) is 25.3 Å². The maximum atomic E-state index is 13.0. The van der Waals surface area contributed by atoms with E-state index in [4.69, 9.17) is 4.42 Å². The number of nitrogens with zero attached hydrogens (tertiary/aromatic N) is 3. The molecule has 4 aromatic heterocycles. The lowest BCUT2D eigenvalue weighted by molar-refractivity contribution is -0.117. The van der Waals surface area contributed by atoms with Crippen LogP contribution in [-0.2, 0) is 17.8 Å². The Hall–Kier alpha value is -4.72. The number of aromatic amines is 1. The summed E-state index contributed by atoms with van der Waals surface area (Å²) in [5.74, 6) is 0.572. The van der Waals surface area contributed by atoms with Gasteiger partial charge in [0.15, 0.2) is 0 Å².